The van der Waals surface area contributed by atoms with Crippen LogP contribution in [0.25, 0.3) is 0 Å². The summed E-state index contributed by atoms with van der Waals surface area (Å²) >= 11 is 1.45. The van der Waals surface area contributed by atoms with Crippen LogP contribution in [-0.2, 0) is 10.0 Å². The molecule has 3 rings (SSSR count). The fourth-order valence-corrected chi connectivity index (χ4v) is 5.95. The first-order chi connectivity index (χ1) is 15.3. The van der Waals surface area contributed by atoms with E-state index in [0.29, 0.717) is 12.0 Å². The molecule has 1 amide bonds. The van der Waals surface area contributed by atoms with Gasteiger partial charge < -0.3 is 9.64 Å². The number of carbonyl (C=O) groups excluding carboxylic acids is 1. The molecule has 1 aliphatic rings. The molecule has 1 heterocycles. The molecule has 1 unspecified atom stereocenters. The molecule has 32 heavy (non-hydrogen) atoms. The number of nitrogens with zero attached hydrogens (tertiary/aromatic N) is 1. The van der Waals surface area contributed by atoms with Crippen molar-refractivity contribution < 1.29 is 17.9 Å². The first kappa shape index (κ1) is 24.6. The van der Waals surface area contributed by atoms with Crippen molar-refractivity contribution >= 4 is 27.7 Å². The average molecular weight is 477 g/mol. The molecule has 0 bridgehead atoms. The van der Waals surface area contributed by atoms with Gasteiger partial charge in [0.15, 0.2) is 0 Å². The van der Waals surface area contributed by atoms with Gasteiger partial charge >= 0.3 is 0 Å². The SMILES string of the molecule is CCC(NS(=O)(=O)c1ccc(SC)c(C(=O)N2CCCCC2)c1)c1ccc(OC)c(C)c1. The van der Waals surface area contributed by atoms with E-state index in [4.69, 9.17) is 4.74 Å². The number of aryl methyl sites for hydroxylation is 1. The monoisotopic (exact) mass is 476 g/mol. The largest absolute Gasteiger partial charge is 0.496 e. The first-order valence-corrected chi connectivity index (χ1v) is 13.7. The minimum Gasteiger partial charge on any atom is -0.496 e. The molecule has 1 fully saturated rings. The Bertz CT molecular complexity index is 1060. The maximum absolute atomic E-state index is 13.3. The standard InChI is InChI=1S/C24H32N2O4S2/c1-5-21(18-9-11-22(30-3)17(2)15-18)25-32(28,29)19-10-12-23(31-4)20(16-19)24(27)26-13-7-6-8-14-26/h9-12,15-16,21,25H,5-8,13-14H2,1-4H3. The van der Waals surface area contributed by atoms with Gasteiger partial charge in [-0.25, -0.2) is 13.1 Å². The molecule has 0 aromatic heterocycles. The highest BCUT2D eigenvalue weighted by molar-refractivity contribution is 7.98. The van der Waals surface area contributed by atoms with Gasteiger partial charge in [0.2, 0.25) is 10.0 Å². The molecule has 6 nitrogen and oxygen atoms in total. The van der Waals surface area contributed by atoms with Gasteiger partial charge in [-0.15, -0.1) is 11.8 Å². The van der Waals surface area contributed by atoms with Crippen molar-refractivity contribution in [1.29, 1.82) is 0 Å². The average Bonchev–Trinajstić information content (AvgIpc) is 2.82. The van der Waals surface area contributed by atoms with E-state index in [9.17, 15) is 13.2 Å². The molecular formula is C24H32N2O4S2. The summed E-state index contributed by atoms with van der Waals surface area (Å²) in [5.74, 6) is 0.670. The van der Waals surface area contributed by atoms with Crippen LogP contribution < -0.4 is 9.46 Å². The van der Waals surface area contributed by atoms with Gasteiger partial charge in [-0.1, -0.05) is 19.1 Å². The molecule has 8 heteroatoms. The zero-order valence-electron chi connectivity index (χ0n) is 19.2. The van der Waals surface area contributed by atoms with Crippen LogP contribution in [0.3, 0.4) is 0 Å². The van der Waals surface area contributed by atoms with E-state index in [1.807, 2.05) is 43.2 Å². The molecule has 1 N–H and O–H groups in total. The van der Waals surface area contributed by atoms with E-state index in [2.05, 4.69) is 4.72 Å². The Morgan fingerprint density at radius 1 is 1.16 bits per heavy atom. The molecule has 0 aliphatic carbocycles. The molecule has 1 saturated heterocycles. The van der Waals surface area contributed by atoms with Gasteiger partial charge in [-0.3, -0.25) is 4.79 Å². The quantitative estimate of drug-likeness (QED) is 0.555. The van der Waals surface area contributed by atoms with Crippen molar-refractivity contribution in [1.82, 2.24) is 9.62 Å². The van der Waals surface area contributed by atoms with Crippen LogP contribution in [-0.4, -0.2) is 45.7 Å². The van der Waals surface area contributed by atoms with Crippen molar-refractivity contribution in [2.75, 3.05) is 26.5 Å². The highest BCUT2D eigenvalue weighted by atomic mass is 32.2. The van der Waals surface area contributed by atoms with Crippen molar-refractivity contribution in [2.45, 2.75) is 55.4 Å². The second-order valence-corrected chi connectivity index (χ2v) is 10.6. The van der Waals surface area contributed by atoms with Gasteiger partial charge in [0.25, 0.3) is 5.91 Å². The Balaban J connectivity index is 1.90. The zero-order valence-corrected chi connectivity index (χ0v) is 20.8. The predicted molar refractivity (Wildman–Crippen MR) is 129 cm³/mol. The molecular weight excluding hydrogens is 444 g/mol. The predicted octanol–water partition coefficient (Wildman–Crippen LogP) is 4.78. The molecule has 174 valence electrons. The Morgan fingerprint density at radius 3 is 2.47 bits per heavy atom. The van der Waals surface area contributed by atoms with E-state index in [1.54, 1.807) is 19.2 Å². The molecule has 2 aromatic rings. The van der Waals surface area contributed by atoms with Gasteiger partial charge in [0, 0.05) is 24.0 Å². The van der Waals surface area contributed by atoms with Gasteiger partial charge in [0.05, 0.1) is 17.6 Å². The number of sulfonamides is 1. The number of ether oxygens (including phenoxy) is 1. The maximum atomic E-state index is 13.3. The highest BCUT2D eigenvalue weighted by Crippen LogP contribution is 2.29. The van der Waals surface area contributed by atoms with Crippen molar-refractivity contribution in [3.63, 3.8) is 0 Å². The lowest BCUT2D eigenvalue weighted by Gasteiger charge is -2.27. The number of amides is 1. The van der Waals surface area contributed by atoms with Crippen LogP contribution in [0.2, 0.25) is 0 Å². The third-order valence-corrected chi connectivity index (χ3v) is 8.15. The summed E-state index contributed by atoms with van der Waals surface area (Å²) in [4.78, 5) is 15.9. The molecule has 2 aromatic carbocycles. The summed E-state index contributed by atoms with van der Waals surface area (Å²) in [7, 11) is -2.21. The maximum Gasteiger partial charge on any atom is 0.255 e. The van der Waals surface area contributed by atoms with Gasteiger partial charge in [-0.05, 0) is 74.3 Å². The summed E-state index contributed by atoms with van der Waals surface area (Å²) < 4.78 is 34.7. The lowest BCUT2D eigenvalue weighted by molar-refractivity contribution is 0.0720. The number of carbonyl (C=O) groups is 1. The third kappa shape index (κ3) is 5.47. The van der Waals surface area contributed by atoms with Crippen LogP contribution in [0.15, 0.2) is 46.2 Å². The van der Waals surface area contributed by atoms with E-state index < -0.39 is 10.0 Å². The van der Waals surface area contributed by atoms with Gasteiger partial charge in [-0.2, -0.15) is 0 Å². The van der Waals surface area contributed by atoms with Crippen molar-refractivity contribution in [3.8, 4) is 5.75 Å². The highest BCUT2D eigenvalue weighted by Gasteiger charge is 2.25. The molecule has 0 spiro atoms. The molecule has 1 aliphatic heterocycles. The summed E-state index contributed by atoms with van der Waals surface area (Å²) in [5.41, 5.74) is 2.27. The number of benzene rings is 2. The minimum atomic E-state index is -3.82. The number of rotatable bonds is 8. The van der Waals surface area contributed by atoms with Crippen LogP contribution >= 0.6 is 11.8 Å². The lowest BCUT2D eigenvalue weighted by atomic mass is 10.0. The normalized spacial score (nSPS) is 15.4. The van der Waals surface area contributed by atoms with Crippen LogP contribution in [0, 0.1) is 6.92 Å². The molecule has 0 radical (unpaired) electrons. The van der Waals surface area contributed by atoms with Crippen molar-refractivity contribution in [2.24, 2.45) is 0 Å². The Labute approximate surface area is 195 Å². The number of likely N-dealkylation sites (tertiary alicyclic amines) is 1. The van der Waals surface area contributed by atoms with E-state index in [1.165, 1.54) is 17.8 Å². The number of hydrogen-bond donors (Lipinski definition) is 1. The smallest absolute Gasteiger partial charge is 0.255 e. The zero-order chi connectivity index (χ0) is 23.3. The van der Waals surface area contributed by atoms with Crippen LogP contribution in [0.4, 0.5) is 0 Å². The van der Waals surface area contributed by atoms with E-state index in [0.717, 1.165) is 54.1 Å². The van der Waals surface area contributed by atoms with Gasteiger partial charge in [0.1, 0.15) is 5.75 Å². The minimum absolute atomic E-state index is 0.0936. The summed E-state index contributed by atoms with van der Waals surface area (Å²) in [6.07, 6.45) is 5.58. The topological polar surface area (TPSA) is 75.7 Å². The number of thioether (sulfide) groups is 1. The fraction of sp³-hybridized carbons (Fsp3) is 0.458. The Hall–Kier alpha value is -2.03. The number of piperidine rings is 1. The summed E-state index contributed by atoms with van der Waals surface area (Å²) in [5, 5.41) is 0. The van der Waals surface area contributed by atoms with E-state index >= 15 is 0 Å². The second kappa shape index (κ2) is 10.7. The number of hydrogen-bond acceptors (Lipinski definition) is 5. The first-order valence-electron chi connectivity index (χ1n) is 10.9. The number of methoxy groups -OCH3 is 1. The fourth-order valence-electron chi connectivity index (χ4n) is 4.05. The van der Waals surface area contributed by atoms with Crippen LogP contribution in [0.5, 0.6) is 5.75 Å². The Kier molecular flexibility index (Phi) is 8.25. The Morgan fingerprint density at radius 2 is 1.88 bits per heavy atom. The third-order valence-electron chi connectivity index (χ3n) is 5.88. The lowest BCUT2D eigenvalue weighted by Crippen LogP contribution is -2.36. The second-order valence-electron chi connectivity index (χ2n) is 8.03. The molecule has 1 atom stereocenters. The van der Waals surface area contributed by atoms with E-state index in [-0.39, 0.29) is 16.8 Å². The number of nitrogens with one attached hydrogen (secondary N) is 1. The summed E-state index contributed by atoms with van der Waals surface area (Å²) in [6.45, 7) is 5.31. The van der Waals surface area contributed by atoms with Crippen LogP contribution in [0.1, 0.15) is 60.1 Å². The van der Waals surface area contributed by atoms with Crippen molar-refractivity contribution in [3.05, 3.63) is 53.1 Å². The summed E-state index contributed by atoms with van der Waals surface area (Å²) in [6, 6.07) is 10.1. The molecule has 0 saturated carbocycles.